The highest BCUT2D eigenvalue weighted by atomic mass is 16.3. The van der Waals surface area contributed by atoms with Crippen molar-refractivity contribution >= 4 is 49.6 Å². The van der Waals surface area contributed by atoms with Gasteiger partial charge in [-0.3, -0.25) is 4.98 Å². The average molecular weight is 503 g/mol. The second-order valence-electron chi connectivity index (χ2n) is 10.7. The molecule has 0 amide bonds. The molecule has 8 rings (SSSR count). The van der Waals surface area contributed by atoms with Crippen LogP contribution in [0, 0.1) is 13.8 Å². The zero-order valence-corrected chi connectivity index (χ0v) is 22.0. The van der Waals surface area contributed by atoms with Crippen molar-refractivity contribution in [2.24, 2.45) is 0 Å². The van der Waals surface area contributed by atoms with Crippen LogP contribution in [-0.2, 0) is 6.42 Å². The van der Waals surface area contributed by atoms with Gasteiger partial charge in [-0.25, -0.2) is 4.98 Å². The highest BCUT2D eigenvalue weighted by molar-refractivity contribution is 6.23. The number of furan rings is 1. The van der Waals surface area contributed by atoms with Crippen LogP contribution >= 0.6 is 0 Å². The lowest BCUT2D eigenvalue weighted by atomic mass is 9.94. The number of nitrogens with zero attached hydrogens (tertiary/aromatic N) is 2. The van der Waals surface area contributed by atoms with E-state index in [1.54, 1.807) is 0 Å². The fourth-order valence-electron chi connectivity index (χ4n) is 6.16. The average Bonchev–Trinajstić information content (AvgIpc) is 3.35. The van der Waals surface area contributed by atoms with Crippen molar-refractivity contribution in [2.75, 3.05) is 0 Å². The molecule has 0 atom stereocenters. The Morgan fingerprint density at radius 1 is 0.692 bits per heavy atom. The zero-order valence-electron chi connectivity index (χ0n) is 22.0. The molecule has 186 valence electrons. The van der Waals surface area contributed by atoms with E-state index < -0.39 is 0 Å². The maximum absolute atomic E-state index is 6.16. The van der Waals surface area contributed by atoms with Crippen LogP contribution in [0.4, 0.5) is 0 Å². The molecule has 39 heavy (non-hydrogen) atoms. The first-order valence-corrected chi connectivity index (χ1v) is 13.6. The predicted molar refractivity (Wildman–Crippen MR) is 162 cm³/mol. The number of hydrogen-bond acceptors (Lipinski definition) is 3. The number of aryl methyl sites for hydroxylation is 3. The van der Waals surface area contributed by atoms with E-state index in [1.807, 2.05) is 6.20 Å². The summed E-state index contributed by atoms with van der Waals surface area (Å²) in [6.45, 7) is 4.29. The second kappa shape index (κ2) is 8.37. The Hall–Kier alpha value is -4.76. The van der Waals surface area contributed by atoms with Gasteiger partial charge in [0.15, 0.2) is 0 Å². The Bertz CT molecular complexity index is 2150. The molecule has 3 heteroatoms. The summed E-state index contributed by atoms with van der Waals surface area (Å²) in [7, 11) is 0. The molecule has 0 saturated heterocycles. The molecule has 1 aliphatic rings. The van der Waals surface area contributed by atoms with E-state index in [1.165, 1.54) is 32.8 Å². The van der Waals surface area contributed by atoms with Crippen molar-refractivity contribution in [3.05, 3.63) is 114 Å². The minimum atomic E-state index is 0.876. The van der Waals surface area contributed by atoms with Crippen LogP contribution in [0.5, 0.6) is 0 Å². The molecule has 2 heterocycles. The Balaban J connectivity index is 1.36. The smallest absolute Gasteiger partial charge is 0.134 e. The van der Waals surface area contributed by atoms with E-state index in [2.05, 4.69) is 105 Å². The van der Waals surface area contributed by atoms with Crippen LogP contribution in [0.2, 0.25) is 0 Å². The minimum Gasteiger partial charge on any atom is -0.460 e. The summed E-state index contributed by atoms with van der Waals surface area (Å²) in [5.74, 6) is 1.09. The molecule has 0 spiro atoms. The van der Waals surface area contributed by atoms with E-state index >= 15 is 0 Å². The van der Waals surface area contributed by atoms with E-state index in [9.17, 15) is 0 Å². The van der Waals surface area contributed by atoms with Crippen LogP contribution in [0.3, 0.4) is 0 Å². The molecule has 0 saturated carbocycles. The van der Waals surface area contributed by atoms with Crippen molar-refractivity contribution in [3.8, 4) is 22.4 Å². The van der Waals surface area contributed by atoms with Gasteiger partial charge in [0.1, 0.15) is 11.3 Å². The predicted octanol–water partition coefficient (Wildman–Crippen LogP) is 9.59. The molecular formula is C36H26N2O. The van der Waals surface area contributed by atoms with Crippen LogP contribution in [-0.4, -0.2) is 9.97 Å². The van der Waals surface area contributed by atoms with Gasteiger partial charge in [-0.1, -0.05) is 90.0 Å². The van der Waals surface area contributed by atoms with Gasteiger partial charge in [-0.15, -0.1) is 0 Å². The third kappa shape index (κ3) is 3.43. The summed E-state index contributed by atoms with van der Waals surface area (Å²) in [5, 5.41) is 5.91. The first-order valence-electron chi connectivity index (χ1n) is 13.6. The lowest BCUT2D eigenvalue weighted by molar-refractivity contribution is 0.546. The van der Waals surface area contributed by atoms with Crippen molar-refractivity contribution < 1.29 is 4.42 Å². The maximum Gasteiger partial charge on any atom is 0.134 e. The molecule has 7 aromatic rings. The summed E-state index contributed by atoms with van der Waals surface area (Å²) in [4.78, 5) is 10.3. The Morgan fingerprint density at radius 3 is 2.23 bits per heavy atom. The van der Waals surface area contributed by atoms with Gasteiger partial charge in [-0.2, -0.15) is 0 Å². The van der Waals surface area contributed by atoms with Crippen molar-refractivity contribution in [2.45, 2.75) is 26.7 Å². The summed E-state index contributed by atoms with van der Waals surface area (Å²) in [6.07, 6.45) is 8.36. The van der Waals surface area contributed by atoms with Gasteiger partial charge in [0, 0.05) is 33.7 Å². The lowest BCUT2D eigenvalue weighted by Crippen LogP contribution is -1.94. The third-order valence-electron chi connectivity index (χ3n) is 8.06. The first-order chi connectivity index (χ1) is 19.1. The van der Waals surface area contributed by atoms with E-state index in [0.717, 1.165) is 68.4 Å². The summed E-state index contributed by atoms with van der Waals surface area (Å²) in [5.41, 5.74) is 10.8. The number of aromatic nitrogens is 2. The van der Waals surface area contributed by atoms with Gasteiger partial charge in [0.05, 0.1) is 22.9 Å². The van der Waals surface area contributed by atoms with Gasteiger partial charge in [-0.05, 0) is 54.3 Å². The lowest BCUT2D eigenvalue weighted by Gasteiger charge is -2.13. The maximum atomic E-state index is 6.16. The van der Waals surface area contributed by atoms with Gasteiger partial charge >= 0.3 is 0 Å². The Kier molecular flexibility index (Phi) is 4.78. The topological polar surface area (TPSA) is 38.9 Å². The molecule has 3 nitrogen and oxygen atoms in total. The number of hydrogen-bond donors (Lipinski definition) is 0. The monoisotopic (exact) mass is 502 g/mol. The SMILES string of the molecule is Cc1ccc2c(c1)c1cc(C)ccc1c1nc(-c3ccccc3-c3ccc4oc5c(c4c3)C=CCC5)cnc21. The molecule has 0 unspecified atom stereocenters. The number of fused-ring (bicyclic) bond motifs is 9. The van der Waals surface area contributed by atoms with Crippen LogP contribution in [0.25, 0.3) is 72.0 Å². The second-order valence-corrected chi connectivity index (χ2v) is 10.7. The molecule has 5 aromatic carbocycles. The molecule has 0 radical (unpaired) electrons. The number of allylic oxidation sites excluding steroid dienone is 1. The van der Waals surface area contributed by atoms with Crippen molar-refractivity contribution in [1.29, 1.82) is 0 Å². The highest BCUT2D eigenvalue weighted by Gasteiger charge is 2.18. The summed E-state index contributed by atoms with van der Waals surface area (Å²) < 4.78 is 6.16. The first kappa shape index (κ1) is 22.2. The van der Waals surface area contributed by atoms with Crippen LogP contribution in [0.15, 0.2) is 95.6 Å². The molecular weight excluding hydrogens is 476 g/mol. The molecule has 0 fully saturated rings. The van der Waals surface area contributed by atoms with E-state index in [0.29, 0.717) is 0 Å². The molecule has 0 N–H and O–H groups in total. The van der Waals surface area contributed by atoms with Crippen molar-refractivity contribution in [3.63, 3.8) is 0 Å². The molecule has 2 aromatic heterocycles. The minimum absolute atomic E-state index is 0.876. The normalized spacial score (nSPS) is 13.1. The number of benzene rings is 5. The molecule has 0 aliphatic heterocycles. The standard InChI is InChI=1S/C36H26N2O/c1-21-11-14-27-29(17-21)30-18-22(2)12-15-28(30)36-35(27)37-20-32(38-36)25-8-4-3-7-24(25)23-13-16-34-31(19-23)26-9-5-6-10-33(26)39-34/h3-5,7-9,11-20H,6,10H2,1-2H3. The highest BCUT2D eigenvalue weighted by Crippen LogP contribution is 2.39. The van der Waals surface area contributed by atoms with Gasteiger partial charge < -0.3 is 4.42 Å². The Morgan fingerprint density at radius 2 is 1.44 bits per heavy atom. The Labute approximate surface area is 226 Å². The third-order valence-corrected chi connectivity index (χ3v) is 8.06. The largest absolute Gasteiger partial charge is 0.460 e. The zero-order chi connectivity index (χ0) is 26.1. The van der Waals surface area contributed by atoms with Gasteiger partial charge in [0.25, 0.3) is 0 Å². The fraction of sp³-hybridized carbons (Fsp3) is 0.111. The van der Waals surface area contributed by atoms with Crippen LogP contribution < -0.4 is 0 Å². The summed E-state index contributed by atoms with van der Waals surface area (Å²) in [6, 6.07) is 28.3. The van der Waals surface area contributed by atoms with E-state index in [4.69, 9.17) is 14.4 Å². The fourth-order valence-corrected chi connectivity index (χ4v) is 6.16. The van der Waals surface area contributed by atoms with Crippen molar-refractivity contribution in [1.82, 2.24) is 9.97 Å². The van der Waals surface area contributed by atoms with Crippen LogP contribution in [0.1, 0.15) is 28.9 Å². The number of rotatable bonds is 2. The quantitative estimate of drug-likeness (QED) is 0.221. The molecule has 0 bridgehead atoms. The summed E-state index contributed by atoms with van der Waals surface area (Å²) >= 11 is 0. The van der Waals surface area contributed by atoms with Gasteiger partial charge in [0.2, 0.25) is 0 Å². The molecule has 1 aliphatic carbocycles. The van der Waals surface area contributed by atoms with E-state index in [-0.39, 0.29) is 0 Å².